The lowest BCUT2D eigenvalue weighted by Gasteiger charge is -2.39. The van der Waals surface area contributed by atoms with E-state index in [1.165, 1.54) is 0 Å². The van der Waals surface area contributed by atoms with Crippen molar-refractivity contribution in [3.63, 3.8) is 0 Å². The molecule has 0 saturated carbocycles. The van der Waals surface area contributed by atoms with Crippen LogP contribution in [0.3, 0.4) is 0 Å². The van der Waals surface area contributed by atoms with Crippen LogP contribution in [0, 0.1) is 23.7 Å². The van der Waals surface area contributed by atoms with Crippen LogP contribution in [0.4, 0.5) is 0 Å². The van der Waals surface area contributed by atoms with Gasteiger partial charge >= 0.3 is 5.97 Å². The van der Waals surface area contributed by atoms with Gasteiger partial charge in [0.2, 0.25) is 11.8 Å². The molecular weight excluding hydrogens is 494 g/mol. The lowest BCUT2D eigenvalue weighted by Crippen LogP contribution is -2.67. The van der Waals surface area contributed by atoms with Crippen LogP contribution in [-0.2, 0) is 24.0 Å². The van der Waals surface area contributed by atoms with Crippen molar-refractivity contribution in [2.45, 2.75) is 111 Å². The van der Waals surface area contributed by atoms with Gasteiger partial charge in [-0.15, -0.1) is 0 Å². The Balaban J connectivity index is 6.88. The van der Waals surface area contributed by atoms with Gasteiger partial charge in [0, 0.05) is 7.41 Å². The Morgan fingerprint density at radius 2 is 1.29 bits per heavy atom. The minimum Gasteiger partial charge on any atom is -0.480 e. The van der Waals surface area contributed by atoms with E-state index in [0.29, 0.717) is 4.90 Å². The molecule has 12 nitrogen and oxygen atoms in total. The maximum atomic E-state index is 14.0. The number of hydrogen-bond donors (Lipinski definition) is 6. The van der Waals surface area contributed by atoms with E-state index in [1.807, 2.05) is 0 Å². The Labute approximate surface area is 227 Å². The molecule has 0 radical (unpaired) electrons. The van der Waals surface area contributed by atoms with Crippen molar-refractivity contribution in [3.8, 4) is 0 Å². The number of nitrogens with two attached hydrogens (primary N) is 2. The molecule has 0 rings (SSSR count). The minimum absolute atomic E-state index is 0.0832. The van der Waals surface area contributed by atoms with Crippen LogP contribution < -0.4 is 22.1 Å². The molecule has 0 aromatic carbocycles. The number of carboxylic acid groups (broad SMARTS) is 1. The summed E-state index contributed by atoms with van der Waals surface area (Å²) < 4.78 is 7.34. The number of aliphatic hydroxyl groups is 1. The normalized spacial score (nSPS) is 16.9. The highest BCUT2D eigenvalue weighted by molar-refractivity contribution is 6.05. The van der Waals surface area contributed by atoms with Crippen molar-refractivity contribution in [2.75, 3.05) is 0 Å². The molecule has 0 saturated heterocycles. The summed E-state index contributed by atoms with van der Waals surface area (Å²) in [6.45, 7) is 13.1. The Morgan fingerprint density at radius 3 is 1.68 bits per heavy atom. The molecule has 0 aliphatic carbocycles. The maximum absolute atomic E-state index is 14.0. The predicted molar refractivity (Wildman–Crippen MR) is 143 cm³/mol. The number of nitrogens with zero attached hydrogens (tertiary/aromatic N) is 1. The summed E-state index contributed by atoms with van der Waals surface area (Å²) in [6.07, 6.45) is -1.75. The Bertz CT molecular complexity index is 853. The summed E-state index contributed by atoms with van der Waals surface area (Å²) in [6, 6.07) is -6.46. The maximum Gasteiger partial charge on any atom is 0.326 e. The fourth-order valence-electron chi connectivity index (χ4n) is 3.66. The molecule has 6 atom stereocenters. The summed E-state index contributed by atoms with van der Waals surface area (Å²) in [5.74, 6) is -6.88. The molecular formula is C26H49N5O7. The van der Waals surface area contributed by atoms with Crippen LogP contribution in [0.1, 0.15) is 76.5 Å². The molecule has 38 heavy (non-hydrogen) atoms. The first kappa shape index (κ1) is 33.5. The first-order chi connectivity index (χ1) is 17.9. The third-order valence-electron chi connectivity index (χ3n) is 6.40. The lowest BCUT2D eigenvalue weighted by molar-refractivity contribution is -0.161. The van der Waals surface area contributed by atoms with Gasteiger partial charge in [-0.1, -0.05) is 68.7 Å². The first-order valence-electron chi connectivity index (χ1n) is 13.8. The summed E-state index contributed by atoms with van der Waals surface area (Å²) in [4.78, 5) is 66.3. The number of aliphatic hydroxyl groups excluding tert-OH is 1. The van der Waals surface area contributed by atoms with Crippen LogP contribution in [0.2, 0.25) is 0 Å². The number of imide groups is 1. The molecule has 0 aliphatic heterocycles. The van der Waals surface area contributed by atoms with E-state index >= 15 is 0 Å². The van der Waals surface area contributed by atoms with Crippen LogP contribution >= 0.6 is 0 Å². The van der Waals surface area contributed by atoms with Crippen molar-refractivity contribution >= 4 is 29.6 Å². The topological polar surface area (TPSA) is 205 Å². The van der Waals surface area contributed by atoms with Crippen molar-refractivity contribution in [1.29, 1.82) is 0 Å². The van der Waals surface area contributed by atoms with Gasteiger partial charge in [0.15, 0.2) is 0 Å². The molecule has 220 valence electrons. The fourth-order valence-corrected chi connectivity index (χ4v) is 3.66. The highest BCUT2D eigenvalue weighted by Crippen LogP contribution is 2.19. The second-order valence-electron chi connectivity index (χ2n) is 11.0. The van der Waals surface area contributed by atoms with Crippen molar-refractivity contribution in [2.24, 2.45) is 35.1 Å². The lowest BCUT2D eigenvalue weighted by atomic mass is 9.92. The van der Waals surface area contributed by atoms with E-state index in [-0.39, 0.29) is 25.7 Å². The van der Waals surface area contributed by atoms with Gasteiger partial charge in [0.05, 0.1) is 6.04 Å². The minimum atomic E-state index is -1.74. The third-order valence-corrected chi connectivity index (χ3v) is 6.40. The van der Waals surface area contributed by atoms with Gasteiger partial charge < -0.3 is 32.3 Å². The van der Waals surface area contributed by atoms with Crippen LogP contribution in [0.15, 0.2) is 0 Å². The number of hydrogen-bond acceptors (Lipinski definition) is 8. The molecule has 0 heterocycles. The number of carbonyl (C=O) groups excluding carboxylic acids is 4. The van der Waals surface area contributed by atoms with Gasteiger partial charge in [-0.05, 0) is 30.1 Å². The SMILES string of the molecule is [2H]CCCC(O)C(=O)N(C(=O)[C@@H](NC(=O)[C@@H](N)C(C)C)C(C)C)[C@H](C(=O)N[C@H](C(=O)O)C(C)C)[C@@H](N)C(C)C. The van der Waals surface area contributed by atoms with Gasteiger partial charge in [-0.25, -0.2) is 4.79 Å². The Morgan fingerprint density at radius 1 is 0.789 bits per heavy atom. The van der Waals surface area contributed by atoms with E-state index in [0.717, 1.165) is 0 Å². The molecule has 0 spiro atoms. The largest absolute Gasteiger partial charge is 0.480 e. The molecule has 0 bridgehead atoms. The van der Waals surface area contributed by atoms with Crippen LogP contribution in [0.25, 0.3) is 0 Å². The van der Waals surface area contributed by atoms with E-state index in [1.54, 1.807) is 55.4 Å². The van der Waals surface area contributed by atoms with E-state index in [2.05, 4.69) is 10.6 Å². The number of rotatable bonds is 15. The quantitative estimate of drug-likeness (QED) is 0.166. The highest BCUT2D eigenvalue weighted by atomic mass is 16.4. The van der Waals surface area contributed by atoms with Crippen LogP contribution in [0.5, 0.6) is 0 Å². The van der Waals surface area contributed by atoms with Gasteiger partial charge in [-0.3, -0.25) is 24.1 Å². The van der Waals surface area contributed by atoms with E-state index in [9.17, 15) is 34.2 Å². The summed E-state index contributed by atoms with van der Waals surface area (Å²) in [5.41, 5.74) is 12.3. The summed E-state index contributed by atoms with van der Waals surface area (Å²) in [7, 11) is 0. The summed E-state index contributed by atoms with van der Waals surface area (Å²) in [5, 5.41) is 25.2. The Hall–Kier alpha value is -2.57. The zero-order valence-corrected chi connectivity index (χ0v) is 23.9. The molecule has 0 aromatic heterocycles. The van der Waals surface area contributed by atoms with E-state index in [4.69, 9.17) is 12.8 Å². The smallest absolute Gasteiger partial charge is 0.326 e. The fraction of sp³-hybridized carbons (Fsp3) is 0.808. The van der Waals surface area contributed by atoms with Gasteiger partial charge in [0.1, 0.15) is 24.2 Å². The number of carbonyl (C=O) groups is 5. The number of nitrogens with one attached hydrogen (secondary N) is 2. The standard InChI is InChI=1S/C26H49N5O7/c1-10-11-16(32)24(35)31(25(36)19(14(6)7)29-22(33)18(28)13(4)5)21(17(27)12(2)3)23(34)30-20(15(8)9)26(37)38/h12-21,32H,10-11,27-28H2,1-9H3,(H,29,33)(H,30,34)(H,37,38)/t16?,17-,18-,19-,20-,21-/m0/s1/i1D. The van der Waals surface area contributed by atoms with E-state index < -0.39 is 83.7 Å². The third kappa shape index (κ3) is 9.63. The second kappa shape index (κ2) is 15.7. The van der Waals surface area contributed by atoms with Crippen molar-refractivity contribution < 1.29 is 35.6 Å². The zero-order chi connectivity index (χ0) is 30.8. The van der Waals surface area contributed by atoms with Crippen molar-refractivity contribution in [1.82, 2.24) is 15.5 Å². The molecule has 8 N–H and O–H groups in total. The van der Waals surface area contributed by atoms with Gasteiger partial charge in [-0.2, -0.15) is 0 Å². The Kier molecular flexibility index (Phi) is 13.9. The highest BCUT2D eigenvalue weighted by Gasteiger charge is 2.45. The second-order valence-corrected chi connectivity index (χ2v) is 11.0. The molecule has 0 aliphatic rings. The van der Waals surface area contributed by atoms with Crippen LogP contribution in [-0.4, -0.2) is 81.0 Å². The van der Waals surface area contributed by atoms with Gasteiger partial charge in [0.25, 0.3) is 11.8 Å². The molecule has 1 unspecified atom stereocenters. The molecule has 0 fully saturated rings. The average molecular weight is 545 g/mol. The average Bonchev–Trinajstić information content (AvgIpc) is 2.84. The number of aliphatic carboxylic acids is 1. The zero-order valence-electron chi connectivity index (χ0n) is 24.9. The molecule has 4 amide bonds. The monoisotopic (exact) mass is 544 g/mol. The molecule has 12 heteroatoms. The number of carboxylic acids is 1. The predicted octanol–water partition coefficient (Wildman–Crippen LogP) is 0.204. The summed E-state index contributed by atoms with van der Waals surface area (Å²) >= 11 is 0. The molecule has 0 aromatic rings. The van der Waals surface area contributed by atoms with Crippen molar-refractivity contribution in [3.05, 3.63) is 0 Å². The number of amides is 4. The first-order valence-corrected chi connectivity index (χ1v) is 13.1.